The number of nitrogens with zero attached hydrogens (tertiary/aromatic N) is 2. The molecule has 0 spiro atoms. The van der Waals surface area contributed by atoms with Crippen molar-refractivity contribution in [3.63, 3.8) is 0 Å². The van der Waals surface area contributed by atoms with Gasteiger partial charge in [0.2, 0.25) is 0 Å². The lowest BCUT2D eigenvalue weighted by atomic mass is 10.1. The van der Waals surface area contributed by atoms with Crippen molar-refractivity contribution >= 4 is 38.2 Å². The van der Waals surface area contributed by atoms with Gasteiger partial charge in [0.1, 0.15) is 0 Å². The van der Waals surface area contributed by atoms with E-state index in [1.165, 1.54) is 12.8 Å². The van der Waals surface area contributed by atoms with E-state index < -0.39 is 0 Å². The highest BCUT2D eigenvalue weighted by molar-refractivity contribution is 9.10. The van der Waals surface area contributed by atoms with Crippen molar-refractivity contribution in [2.24, 2.45) is 0 Å². The molecule has 0 unspecified atom stereocenters. The van der Waals surface area contributed by atoms with Gasteiger partial charge in [-0.25, -0.2) is 0 Å². The molecule has 0 saturated heterocycles. The van der Waals surface area contributed by atoms with Gasteiger partial charge >= 0.3 is 0 Å². The zero-order valence-corrected chi connectivity index (χ0v) is 11.2. The second kappa shape index (κ2) is 3.88. The second-order valence-electron chi connectivity index (χ2n) is 4.57. The third-order valence-electron chi connectivity index (χ3n) is 3.28. The van der Waals surface area contributed by atoms with E-state index >= 15 is 0 Å². The quantitative estimate of drug-likeness (QED) is 0.924. The monoisotopic (exact) mass is 291 g/mol. The Morgan fingerprint density at radius 2 is 2.18 bits per heavy atom. The van der Waals surface area contributed by atoms with Crippen molar-refractivity contribution in [3.05, 3.63) is 28.9 Å². The molecule has 1 aromatic carbocycles. The topological polar surface area (TPSA) is 42.1 Å². The van der Waals surface area contributed by atoms with E-state index in [2.05, 4.69) is 38.9 Å². The number of pyridine rings is 1. The minimum absolute atomic E-state index is 0.641. The van der Waals surface area contributed by atoms with Crippen LogP contribution in [-0.2, 0) is 0 Å². The number of fused-ring (bicyclic) bond motifs is 1. The molecule has 2 N–H and O–H groups in total. The molecule has 0 aliphatic heterocycles. The number of rotatable bonds is 2. The summed E-state index contributed by atoms with van der Waals surface area (Å²) in [6.45, 7) is 0. The molecule has 3 rings (SSSR count). The van der Waals surface area contributed by atoms with Crippen LogP contribution in [0, 0.1) is 0 Å². The molecule has 0 atom stereocenters. The Balaban J connectivity index is 2.25. The molecule has 4 heteroatoms. The molecule has 0 radical (unpaired) electrons. The second-order valence-corrected chi connectivity index (χ2v) is 5.48. The first-order valence-corrected chi connectivity index (χ1v) is 6.52. The zero-order chi connectivity index (χ0) is 12.0. The predicted octanol–water partition coefficient (Wildman–Crippen LogP) is 3.18. The maximum absolute atomic E-state index is 6.08. The van der Waals surface area contributed by atoms with E-state index in [4.69, 9.17) is 5.73 Å². The van der Waals surface area contributed by atoms with Crippen LogP contribution in [0.2, 0.25) is 0 Å². The van der Waals surface area contributed by atoms with Gasteiger partial charge in [-0.05, 0) is 31.0 Å². The number of benzene rings is 1. The van der Waals surface area contributed by atoms with Crippen LogP contribution >= 0.6 is 15.9 Å². The lowest BCUT2D eigenvalue weighted by Gasteiger charge is -2.22. The SMILES string of the molecule is CN(c1c(N)cnc2ccc(Br)cc12)C1CC1. The van der Waals surface area contributed by atoms with E-state index in [0.717, 1.165) is 26.8 Å². The van der Waals surface area contributed by atoms with Crippen molar-refractivity contribution in [2.45, 2.75) is 18.9 Å². The normalized spacial score (nSPS) is 15.2. The summed E-state index contributed by atoms with van der Waals surface area (Å²) in [4.78, 5) is 6.66. The van der Waals surface area contributed by atoms with Crippen LogP contribution in [-0.4, -0.2) is 18.1 Å². The number of nitrogens with two attached hydrogens (primary N) is 1. The van der Waals surface area contributed by atoms with Crippen LogP contribution in [0.15, 0.2) is 28.9 Å². The molecule has 1 aliphatic carbocycles. The highest BCUT2D eigenvalue weighted by Crippen LogP contribution is 2.38. The molecule has 1 heterocycles. The fraction of sp³-hybridized carbons (Fsp3) is 0.308. The molecule has 1 fully saturated rings. The van der Waals surface area contributed by atoms with Gasteiger partial charge in [0.15, 0.2) is 0 Å². The van der Waals surface area contributed by atoms with Crippen LogP contribution in [0.3, 0.4) is 0 Å². The summed E-state index contributed by atoms with van der Waals surface area (Å²) < 4.78 is 1.06. The van der Waals surface area contributed by atoms with E-state index in [1.807, 2.05) is 12.1 Å². The first-order chi connectivity index (χ1) is 8.16. The Morgan fingerprint density at radius 3 is 2.88 bits per heavy atom. The van der Waals surface area contributed by atoms with Gasteiger partial charge < -0.3 is 10.6 Å². The molecule has 0 bridgehead atoms. The summed E-state index contributed by atoms with van der Waals surface area (Å²) in [5.74, 6) is 0. The van der Waals surface area contributed by atoms with E-state index in [0.29, 0.717) is 6.04 Å². The number of halogens is 1. The Bertz CT molecular complexity index is 573. The molecule has 1 aliphatic rings. The lowest BCUT2D eigenvalue weighted by molar-refractivity contribution is 0.922. The highest BCUT2D eigenvalue weighted by Gasteiger charge is 2.28. The Morgan fingerprint density at radius 1 is 1.41 bits per heavy atom. The third kappa shape index (κ3) is 1.86. The fourth-order valence-corrected chi connectivity index (χ4v) is 2.57. The van der Waals surface area contributed by atoms with Gasteiger partial charge in [0.25, 0.3) is 0 Å². The average molecular weight is 292 g/mol. The van der Waals surface area contributed by atoms with Crippen molar-refractivity contribution < 1.29 is 0 Å². The first-order valence-electron chi connectivity index (χ1n) is 5.73. The number of anilines is 2. The van der Waals surface area contributed by atoms with Gasteiger partial charge in [-0.1, -0.05) is 15.9 Å². The summed E-state index contributed by atoms with van der Waals surface area (Å²) in [7, 11) is 2.11. The predicted molar refractivity (Wildman–Crippen MR) is 75.3 cm³/mol. The molecule has 3 nitrogen and oxygen atoms in total. The van der Waals surface area contributed by atoms with Crippen molar-refractivity contribution in [3.8, 4) is 0 Å². The maximum atomic E-state index is 6.08. The van der Waals surface area contributed by atoms with Gasteiger partial charge in [0, 0.05) is 22.9 Å². The molecule has 1 saturated carbocycles. The first kappa shape index (κ1) is 10.8. The van der Waals surface area contributed by atoms with Crippen molar-refractivity contribution in [1.82, 2.24) is 4.98 Å². The average Bonchev–Trinajstić information content (AvgIpc) is 3.11. The maximum Gasteiger partial charge on any atom is 0.0745 e. The summed E-state index contributed by atoms with van der Waals surface area (Å²) >= 11 is 3.51. The Kier molecular flexibility index (Phi) is 2.47. The van der Waals surface area contributed by atoms with Crippen LogP contribution < -0.4 is 10.6 Å². The Hall–Kier alpha value is -1.29. The van der Waals surface area contributed by atoms with Gasteiger partial charge in [-0.3, -0.25) is 4.98 Å². The standard InChI is InChI=1S/C13H14BrN3/c1-17(9-3-4-9)13-10-6-8(14)2-5-12(10)16-7-11(13)15/h2,5-7,9H,3-4,15H2,1H3. The van der Waals surface area contributed by atoms with Crippen LogP contribution in [0.25, 0.3) is 10.9 Å². The van der Waals surface area contributed by atoms with Gasteiger partial charge in [-0.2, -0.15) is 0 Å². The minimum atomic E-state index is 0.641. The van der Waals surface area contributed by atoms with Crippen molar-refractivity contribution in [1.29, 1.82) is 0 Å². The molecule has 88 valence electrons. The third-order valence-corrected chi connectivity index (χ3v) is 3.77. The molecule has 0 amide bonds. The molecule has 2 aromatic rings. The summed E-state index contributed by atoms with van der Waals surface area (Å²) in [6.07, 6.45) is 4.27. The molecular formula is C13H14BrN3. The number of hydrogen-bond acceptors (Lipinski definition) is 3. The summed E-state index contributed by atoms with van der Waals surface area (Å²) in [6, 6.07) is 6.75. The van der Waals surface area contributed by atoms with Crippen LogP contribution in [0.5, 0.6) is 0 Å². The Labute approximate surface area is 109 Å². The van der Waals surface area contributed by atoms with E-state index in [-0.39, 0.29) is 0 Å². The van der Waals surface area contributed by atoms with Crippen molar-refractivity contribution in [2.75, 3.05) is 17.7 Å². The molecule has 1 aromatic heterocycles. The lowest BCUT2D eigenvalue weighted by Crippen LogP contribution is -2.21. The minimum Gasteiger partial charge on any atom is -0.396 e. The number of aromatic nitrogens is 1. The van der Waals surface area contributed by atoms with Crippen LogP contribution in [0.1, 0.15) is 12.8 Å². The number of hydrogen-bond donors (Lipinski definition) is 1. The van der Waals surface area contributed by atoms with Gasteiger partial charge in [-0.15, -0.1) is 0 Å². The summed E-state index contributed by atoms with van der Waals surface area (Å²) in [5.41, 5.74) is 8.94. The van der Waals surface area contributed by atoms with Gasteiger partial charge in [0.05, 0.1) is 23.1 Å². The van der Waals surface area contributed by atoms with E-state index in [9.17, 15) is 0 Å². The summed E-state index contributed by atoms with van der Waals surface area (Å²) in [5, 5.41) is 1.12. The zero-order valence-electron chi connectivity index (χ0n) is 9.65. The molecule has 17 heavy (non-hydrogen) atoms. The van der Waals surface area contributed by atoms with Crippen LogP contribution in [0.4, 0.5) is 11.4 Å². The fourth-order valence-electron chi connectivity index (χ4n) is 2.20. The van der Waals surface area contributed by atoms with E-state index in [1.54, 1.807) is 6.20 Å². The smallest absolute Gasteiger partial charge is 0.0745 e. The number of nitrogen functional groups attached to an aromatic ring is 1. The highest BCUT2D eigenvalue weighted by atomic mass is 79.9. The largest absolute Gasteiger partial charge is 0.396 e. The molecular weight excluding hydrogens is 278 g/mol.